The minimum absolute atomic E-state index is 0.0239. The lowest BCUT2D eigenvalue weighted by Crippen LogP contribution is -2.17. The van der Waals surface area contributed by atoms with Crippen molar-refractivity contribution < 1.29 is 17.4 Å². The average molecular weight is 292 g/mol. The Morgan fingerprint density at radius 1 is 1.20 bits per heavy atom. The zero-order chi connectivity index (χ0) is 14.8. The van der Waals surface area contributed by atoms with Crippen molar-refractivity contribution in [3.8, 4) is 5.88 Å². The number of carbonyl (C=O) groups is 1. The van der Waals surface area contributed by atoms with Gasteiger partial charge in [0.2, 0.25) is 5.88 Å². The Morgan fingerprint density at radius 3 is 2.45 bits per heavy atom. The van der Waals surface area contributed by atoms with Gasteiger partial charge in [-0.1, -0.05) is 17.7 Å². The third-order valence-electron chi connectivity index (χ3n) is 2.53. The number of amides is 1. The fourth-order valence-corrected chi connectivity index (χ4v) is 2.41. The van der Waals surface area contributed by atoms with Crippen LogP contribution in [0, 0.1) is 6.92 Å². The van der Waals surface area contributed by atoms with Crippen LogP contribution in [0.15, 0.2) is 47.5 Å². The second kappa shape index (κ2) is 5.30. The molecule has 0 aliphatic carbocycles. The summed E-state index contributed by atoms with van der Waals surface area (Å²) in [5.74, 6) is -1.15. The molecule has 0 atom stereocenters. The van der Waals surface area contributed by atoms with Crippen LogP contribution in [-0.4, -0.2) is 19.3 Å². The topological polar surface area (TPSA) is 99.3 Å². The van der Waals surface area contributed by atoms with E-state index in [-0.39, 0.29) is 16.3 Å². The predicted octanol–water partition coefficient (Wildman–Crippen LogP) is 1.26. The Bertz CT molecular complexity index is 739. The van der Waals surface area contributed by atoms with Gasteiger partial charge in [0.1, 0.15) is 10.5 Å². The molecule has 20 heavy (non-hydrogen) atoms. The van der Waals surface area contributed by atoms with E-state index in [1.807, 2.05) is 6.92 Å². The fraction of sp³-hybridized carbons (Fsp3) is 0.0769. The third kappa shape index (κ3) is 2.94. The highest BCUT2D eigenvalue weighted by atomic mass is 32.2. The van der Waals surface area contributed by atoms with Gasteiger partial charge in [-0.25, -0.2) is 4.98 Å². The van der Waals surface area contributed by atoms with Gasteiger partial charge in [-0.15, -0.1) is 0 Å². The summed E-state index contributed by atoms with van der Waals surface area (Å²) in [6.07, 6.45) is 1.31. The maximum absolute atomic E-state index is 12.1. The molecule has 1 aromatic heterocycles. The summed E-state index contributed by atoms with van der Waals surface area (Å²) >= 11 is 0. The van der Waals surface area contributed by atoms with Crippen LogP contribution in [0.4, 0.5) is 0 Å². The molecule has 7 heteroatoms. The summed E-state index contributed by atoms with van der Waals surface area (Å²) in [4.78, 5) is 14.9. The molecule has 0 spiro atoms. The monoisotopic (exact) mass is 292 g/mol. The van der Waals surface area contributed by atoms with Gasteiger partial charge < -0.3 is 9.92 Å². The van der Waals surface area contributed by atoms with Gasteiger partial charge in [0.25, 0.3) is 5.91 Å². The number of nitrogens with zero attached hydrogens (tertiary/aromatic N) is 1. The number of hydrogen-bond donors (Lipinski definition) is 1. The van der Waals surface area contributed by atoms with Crippen LogP contribution in [0.3, 0.4) is 0 Å². The summed E-state index contributed by atoms with van der Waals surface area (Å²) in [7, 11) is -4.06. The quantitative estimate of drug-likeness (QED) is 0.855. The molecule has 0 unspecified atom stereocenters. The first-order valence-corrected chi connectivity index (χ1v) is 7.07. The summed E-state index contributed by atoms with van der Waals surface area (Å²) in [6, 6.07) is 8.92. The number of carbonyl (C=O) groups excluding carboxylic acids is 1. The van der Waals surface area contributed by atoms with Crippen molar-refractivity contribution in [1.29, 1.82) is 0 Å². The number of aryl methyl sites for hydroxylation is 1. The maximum atomic E-state index is 12.1. The van der Waals surface area contributed by atoms with Crippen molar-refractivity contribution in [3.63, 3.8) is 0 Å². The Labute approximate surface area is 116 Å². The van der Waals surface area contributed by atoms with Gasteiger partial charge >= 0.3 is 10.1 Å². The molecule has 0 aliphatic rings. The highest BCUT2D eigenvalue weighted by molar-refractivity contribution is 7.87. The second-order valence-corrected chi connectivity index (χ2v) is 5.62. The lowest BCUT2D eigenvalue weighted by atomic mass is 10.2. The largest absolute Gasteiger partial charge is 0.365 e. The molecule has 0 aliphatic heterocycles. The van der Waals surface area contributed by atoms with Crippen LogP contribution < -0.4 is 9.92 Å². The van der Waals surface area contributed by atoms with Gasteiger partial charge in [-0.2, -0.15) is 8.42 Å². The summed E-state index contributed by atoms with van der Waals surface area (Å²) in [6.45, 7) is 1.83. The highest BCUT2D eigenvalue weighted by Crippen LogP contribution is 2.20. The van der Waals surface area contributed by atoms with Gasteiger partial charge in [0.05, 0.1) is 0 Å². The number of nitrogens with two attached hydrogens (primary N) is 1. The van der Waals surface area contributed by atoms with Crippen LogP contribution >= 0.6 is 0 Å². The first kappa shape index (κ1) is 14.0. The zero-order valence-corrected chi connectivity index (χ0v) is 11.4. The van der Waals surface area contributed by atoms with Crippen molar-refractivity contribution in [2.45, 2.75) is 11.8 Å². The Balaban J connectivity index is 2.38. The van der Waals surface area contributed by atoms with Crippen molar-refractivity contribution >= 4 is 16.0 Å². The number of primary amides is 1. The maximum Gasteiger partial charge on any atom is 0.340 e. The standard InChI is InChI=1S/C13H12N2O4S/c1-9-4-6-10(7-5-9)20(17,18)19-13-11(12(14)16)3-2-8-15-13/h2-8H,1H3,(H2,14,16). The van der Waals surface area contributed by atoms with Crippen LogP contribution in [0.2, 0.25) is 0 Å². The van der Waals surface area contributed by atoms with Crippen molar-refractivity contribution in [2.75, 3.05) is 0 Å². The number of pyridine rings is 1. The van der Waals surface area contributed by atoms with Crippen molar-refractivity contribution in [3.05, 3.63) is 53.7 Å². The van der Waals surface area contributed by atoms with E-state index in [4.69, 9.17) is 9.92 Å². The summed E-state index contributed by atoms with van der Waals surface area (Å²) in [5.41, 5.74) is 5.96. The van der Waals surface area contributed by atoms with Gasteiger partial charge in [0, 0.05) is 6.20 Å². The molecule has 2 N–H and O–H groups in total. The molecule has 1 aromatic carbocycles. The van der Waals surface area contributed by atoms with E-state index in [1.54, 1.807) is 12.1 Å². The van der Waals surface area contributed by atoms with Gasteiger partial charge in [-0.3, -0.25) is 4.79 Å². The van der Waals surface area contributed by atoms with E-state index in [9.17, 15) is 13.2 Å². The SMILES string of the molecule is Cc1ccc(S(=O)(=O)Oc2ncccc2C(N)=O)cc1. The van der Waals surface area contributed by atoms with Crippen molar-refractivity contribution in [1.82, 2.24) is 4.98 Å². The zero-order valence-electron chi connectivity index (χ0n) is 10.6. The minimum Gasteiger partial charge on any atom is -0.365 e. The molecule has 104 valence electrons. The lowest BCUT2D eigenvalue weighted by molar-refractivity contribution is 0.0998. The molecule has 0 radical (unpaired) electrons. The van der Waals surface area contributed by atoms with Crippen LogP contribution in [0.25, 0.3) is 0 Å². The smallest absolute Gasteiger partial charge is 0.340 e. The molecule has 2 aromatic rings. The van der Waals surface area contributed by atoms with E-state index >= 15 is 0 Å². The molecular weight excluding hydrogens is 280 g/mol. The normalized spacial score (nSPS) is 11.1. The van der Waals surface area contributed by atoms with Crippen molar-refractivity contribution in [2.24, 2.45) is 5.73 Å². The summed E-state index contributed by atoms with van der Waals surface area (Å²) in [5, 5.41) is 0. The Hall–Kier alpha value is -2.41. The molecule has 6 nitrogen and oxygen atoms in total. The second-order valence-electron chi connectivity index (χ2n) is 4.07. The first-order chi connectivity index (χ1) is 9.40. The van der Waals surface area contributed by atoms with E-state index in [2.05, 4.69) is 4.98 Å². The molecule has 0 fully saturated rings. The number of hydrogen-bond acceptors (Lipinski definition) is 5. The van der Waals surface area contributed by atoms with Crippen LogP contribution in [0.1, 0.15) is 15.9 Å². The summed E-state index contributed by atoms with van der Waals surface area (Å²) < 4.78 is 29.0. The van der Waals surface area contributed by atoms with E-state index in [0.717, 1.165) is 5.56 Å². The van der Waals surface area contributed by atoms with E-state index in [0.29, 0.717) is 0 Å². The molecule has 0 saturated carbocycles. The predicted molar refractivity (Wildman–Crippen MR) is 71.7 cm³/mol. The average Bonchev–Trinajstić information content (AvgIpc) is 2.39. The van der Waals surface area contributed by atoms with Crippen LogP contribution in [0.5, 0.6) is 5.88 Å². The van der Waals surface area contributed by atoms with Gasteiger partial charge in [-0.05, 0) is 31.2 Å². The molecule has 1 heterocycles. The Morgan fingerprint density at radius 2 is 1.85 bits per heavy atom. The molecule has 2 rings (SSSR count). The fourth-order valence-electron chi connectivity index (χ4n) is 1.50. The molecular formula is C13H12N2O4S. The molecule has 1 amide bonds. The van der Waals surface area contributed by atoms with E-state index in [1.165, 1.54) is 30.5 Å². The number of benzene rings is 1. The Kier molecular flexibility index (Phi) is 3.71. The molecule has 0 saturated heterocycles. The minimum atomic E-state index is -4.06. The number of rotatable bonds is 4. The first-order valence-electron chi connectivity index (χ1n) is 5.66. The van der Waals surface area contributed by atoms with Crippen LogP contribution in [-0.2, 0) is 10.1 Å². The highest BCUT2D eigenvalue weighted by Gasteiger charge is 2.20. The third-order valence-corrected chi connectivity index (χ3v) is 3.76. The van der Waals surface area contributed by atoms with Gasteiger partial charge in [0.15, 0.2) is 0 Å². The number of aromatic nitrogens is 1. The molecule has 0 bridgehead atoms. The van der Waals surface area contributed by atoms with E-state index < -0.39 is 16.0 Å². The lowest BCUT2D eigenvalue weighted by Gasteiger charge is -2.08.